The average molecular weight is 593 g/mol. The minimum atomic E-state index is -0.986. The van der Waals surface area contributed by atoms with Crippen LogP contribution in [0.1, 0.15) is 44.0 Å². The minimum absolute atomic E-state index is 0.171. The number of carbonyl (C=O) groups is 2. The molecule has 5 aromatic rings. The number of fused-ring (bicyclic) bond motifs is 2. The summed E-state index contributed by atoms with van der Waals surface area (Å²) >= 11 is 0. The Morgan fingerprint density at radius 2 is 1.86 bits per heavy atom. The summed E-state index contributed by atoms with van der Waals surface area (Å²) in [5.74, 6) is -1.31. The molecule has 7 N–H and O–H groups in total. The quantitative estimate of drug-likeness (QED) is 0.168. The van der Waals surface area contributed by atoms with Crippen molar-refractivity contribution in [3.63, 3.8) is 0 Å². The van der Waals surface area contributed by atoms with Crippen LogP contribution in [0.2, 0.25) is 0 Å². The molecule has 3 heterocycles. The Labute approximate surface area is 251 Å². The number of hydrogen-bond acceptors (Lipinski definition) is 9. The van der Waals surface area contributed by atoms with Gasteiger partial charge < -0.3 is 22.3 Å². The summed E-state index contributed by atoms with van der Waals surface area (Å²) in [5.41, 5.74) is 23.9. The van der Waals surface area contributed by atoms with Gasteiger partial charge >= 0.3 is 0 Å². The van der Waals surface area contributed by atoms with Crippen molar-refractivity contribution in [2.45, 2.75) is 19.3 Å². The Morgan fingerprint density at radius 1 is 1.07 bits per heavy atom. The van der Waals surface area contributed by atoms with Crippen LogP contribution >= 0.6 is 0 Å². The van der Waals surface area contributed by atoms with Gasteiger partial charge in [0.05, 0.1) is 28.1 Å². The number of imidazole rings is 1. The number of allylic oxidation sites excluding steroid dienone is 1. The van der Waals surface area contributed by atoms with Gasteiger partial charge in [-0.15, -0.1) is 0 Å². The highest BCUT2D eigenvalue weighted by Crippen LogP contribution is 2.33. The lowest BCUT2D eigenvalue weighted by Gasteiger charge is -2.12. The number of nitrogens with zero attached hydrogens (tertiary/aromatic N) is 5. The zero-order chi connectivity index (χ0) is 31.4. The van der Waals surface area contributed by atoms with E-state index in [9.17, 15) is 14.0 Å². The second kappa shape index (κ2) is 12.5. The van der Waals surface area contributed by atoms with Crippen molar-refractivity contribution < 1.29 is 19.1 Å². The largest absolute Gasteiger partial charge is 0.507 e. The van der Waals surface area contributed by atoms with Crippen LogP contribution in [0.3, 0.4) is 0 Å². The number of phenols is 1. The number of aldehydes is 1. The van der Waals surface area contributed by atoms with Crippen LogP contribution in [0.25, 0.3) is 33.9 Å². The van der Waals surface area contributed by atoms with Gasteiger partial charge in [0.2, 0.25) is 0 Å². The van der Waals surface area contributed by atoms with Crippen LogP contribution in [0.15, 0.2) is 71.9 Å². The molecule has 3 aromatic heterocycles. The lowest BCUT2D eigenvalue weighted by molar-refractivity contribution is 0.0996. The SMILES string of the molecule is CN=C/C=C(\N)c1ccc2nc(-c3cccnc3N)n(-c3ccc4c(c3)CCC4)c2n1.NC(=O)c1cc(C=O)c(O)cc1F. The van der Waals surface area contributed by atoms with Crippen LogP contribution in [0.5, 0.6) is 5.75 Å². The van der Waals surface area contributed by atoms with Gasteiger partial charge in [-0.25, -0.2) is 19.3 Å². The number of aryl methyl sites for hydroxylation is 2. The summed E-state index contributed by atoms with van der Waals surface area (Å²) in [7, 11) is 1.70. The van der Waals surface area contributed by atoms with E-state index < -0.39 is 23.0 Å². The number of anilines is 1. The van der Waals surface area contributed by atoms with Crippen LogP contribution in [-0.2, 0) is 12.8 Å². The molecule has 1 aliphatic carbocycles. The molecule has 11 nitrogen and oxygen atoms in total. The third-order valence-electron chi connectivity index (χ3n) is 7.13. The van der Waals surface area contributed by atoms with E-state index in [2.05, 4.69) is 28.2 Å². The zero-order valence-corrected chi connectivity index (χ0v) is 23.7. The number of nitrogen functional groups attached to an aromatic ring is 1. The number of carbonyl (C=O) groups excluding carboxylic acids is 2. The number of rotatable bonds is 6. The van der Waals surface area contributed by atoms with E-state index in [1.165, 1.54) is 17.5 Å². The molecule has 0 radical (unpaired) electrons. The lowest BCUT2D eigenvalue weighted by atomic mass is 10.1. The first-order valence-electron chi connectivity index (χ1n) is 13.6. The molecular weight excluding hydrogens is 563 g/mol. The number of aromatic nitrogens is 4. The molecule has 0 fully saturated rings. The first kappa shape index (κ1) is 29.6. The fraction of sp³-hybridized carbons (Fsp3) is 0.125. The number of phenolic OH excluding ortho intramolecular Hbond substituents is 1. The van der Waals surface area contributed by atoms with Crippen molar-refractivity contribution in [2.24, 2.45) is 16.5 Å². The molecule has 0 aliphatic heterocycles. The minimum Gasteiger partial charge on any atom is -0.507 e. The summed E-state index contributed by atoms with van der Waals surface area (Å²) in [4.78, 5) is 38.8. The Kier molecular flexibility index (Phi) is 8.42. The Hall–Kier alpha value is -5.91. The maximum atomic E-state index is 12.8. The topological polar surface area (TPSA) is 188 Å². The number of nitrogens with two attached hydrogens (primary N) is 3. The van der Waals surface area contributed by atoms with Gasteiger partial charge in [-0.1, -0.05) is 6.07 Å². The summed E-state index contributed by atoms with van der Waals surface area (Å²) in [6.07, 6.45) is 8.79. The Bertz CT molecular complexity index is 1970. The number of benzene rings is 2. The highest BCUT2D eigenvalue weighted by Gasteiger charge is 2.20. The van der Waals surface area contributed by atoms with Gasteiger partial charge in [0.1, 0.15) is 22.9 Å². The summed E-state index contributed by atoms with van der Waals surface area (Å²) in [6, 6.07) is 15.7. The van der Waals surface area contributed by atoms with Crippen molar-refractivity contribution in [1.82, 2.24) is 19.5 Å². The smallest absolute Gasteiger partial charge is 0.251 e. The maximum Gasteiger partial charge on any atom is 0.251 e. The molecule has 222 valence electrons. The van der Waals surface area contributed by atoms with Crippen molar-refractivity contribution in [3.8, 4) is 22.8 Å². The Morgan fingerprint density at radius 3 is 2.59 bits per heavy atom. The number of aromatic hydroxyl groups is 1. The van der Waals surface area contributed by atoms with Crippen LogP contribution in [0.4, 0.5) is 10.2 Å². The molecule has 0 atom stereocenters. The fourth-order valence-electron chi connectivity index (χ4n) is 4.95. The van der Waals surface area contributed by atoms with Gasteiger partial charge in [-0.2, -0.15) is 0 Å². The first-order chi connectivity index (χ1) is 21.2. The average Bonchev–Trinajstić information content (AvgIpc) is 3.64. The van der Waals surface area contributed by atoms with Crippen molar-refractivity contribution in [1.29, 1.82) is 0 Å². The van der Waals surface area contributed by atoms with E-state index in [0.717, 1.165) is 41.3 Å². The van der Waals surface area contributed by atoms with E-state index in [4.69, 9.17) is 32.3 Å². The predicted molar refractivity (Wildman–Crippen MR) is 167 cm³/mol. The molecule has 1 amide bonds. The lowest BCUT2D eigenvalue weighted by Crippen LogP contribution is -2.13. The van der Waals surface area contributed by atoms with E-state index in [1.54, 1.807) is 25.5 Å². The van der Waals surface area contributed by atoms with Crippen molar-refractivity contribution >= 4 is 41.1 Å². The molecule has 0 bridgehead atoms. The fourth-order valence-corrected chi connectivity index (χ4v) is 4.95. The van der Waals surface area contributed by atoms with Gasteiger partial charge in [0.15, 0.2) is 17.8 Å². The van der Waals surface area contributed by atoms with E-state index in [-0.39, 0.29) is 5.56 Å². The maximum absolute atomic E-state index is 12.8. The normalized spacial score (nSPS) is 12.6. The van der Waals surface area contributed by atoms with Crippen LogP contribution < -0.4 is 17.2 Å². The van der Waals surface area contributed by atoms with Crippen molar-refractivity contribution in [2.75, 3.05) is 12.8 Å². The second-order valence-electron chi connectivity index (χ2n) is 9.96. The first-order valence-corrected chi connectivity index (χ1v) is 13.6. The molecule has 44 heavy (non-hydrogen) atoms. The molecule has 0 unspecified atom stereocenters. The molecule has 1 aliphatic rings. The highest BCUT2D eigenvalue weighted by atomic mass is 19.1. The Balaban J connectivity index is 0.000000249. The van der Waals surface area contributed by atoms with Crippen LogP contribution in [0, 0.1) is 5.82 Å². The van der Waals surface area contributed by atoms with E-state index in [1.807, 2.05) is 28.8 Å². The predicted octanol–water partition coefficient (Wildman–Crippen LogP) is 4.00. The van der Waals surface area contributed by atoms with Crippen molar-refractivity contribution in [3.05, 3.63) is 101 Å². The van der Waals surface area contributed by atoms with Crippen LogP contribution in [-0.4, -0.2) is 50.1 Å². The highest BCUT2D eigenvalue weighted by molar-refractivity contribution is 5.95. The van der Waals surface area contributed by atoms with E-state index in [0.29, 0.717) is 35.4 Å². The summed E-state index contributed by atoms with van der Waals surface area (Å²) < 4.78 is 14.9. The number of hydrogen-bond donors (Lipinski definition) is 4. The molecule has 0 saturated carbocycles. The van der Waals surface area contributed by atoms with E-state index >= 15 is 0 Å². The molecule has 6 rings (SSSR count). The number of aliphatic imine (C=N–C) groups is 1. The molecule has 2 aromatic carbocycles. The van der Waals surface area contributed by atoms with Gasteiger partial charge in [0, 0.05) is 31.2 Å². The standard InChI is InChI=1S/C24H23N7.C8H6FNO3/c1-27-13-11-19(25)20-9-10-21-24(29-20)31(17-8-7-15-4-2-5-16(15)14-17)23(30-21)18-6-3-12-28-22(18)26;9-6-2-7(12)4(3-11)1-5(6)8(10)13/h3,6-14H,2,4-5,25H2,1H3,(H2,26,28);1-3,12H,(H2,10,13)/b19-11-,27-13?;. The van der Waals surface area contributed by atoms with Gasteiger partial charge in [0.25, 0.3) is 5.91 Å². The number of amides is 1. The van der Waals surface area contributed by atoms with Gasteiger partial charge in [-0.05, 0) is 78.9 Å². The summed E-state index contributed by atoms with van der Waals surface area (Å²) in [5, 5.41) is 8.97. The summed E-state index contributed by atoms with van der Waals surface area (Å²) in [6.45, 7) is 0. The number of pyridine rings is 2. The molecular formula is C32H29FN8O3. The second-order valence-corrected chi connectivity index (χ2v) is 9.96. The third kappa shape index (κ3) is 5.86. The zero-order valence-electron chi connectivity index (χ0n) is 23.7. The van der Waals surface area contributed by atoms with Gasteiger partial charge in [-0.3, -0.25) is 19.1 Å². The number of primary amides is 1. The molecule has 0 saturated heterocycles. The molecule has 12 heteroatoms. The third-order valence-corrected chi connectivity index (χ3v) is 7.13. The molecule has 0 spiro atoms. The monoisotopic (exact) mass is 592 g/mol. The number of halogens is 1.